The van der Waals surface area contributed by atoms with E-state index in [1.807, 2.05) is 0 Å². The molecule has 3 rings (SSSR count). The first-order valence-corrected chi connectivity index (χ1v) is 8.02. The van der Waals surface area contributed by atoms with Crippen molar-refractivity contribution < 1.29 is 0 Å². The van der Waals surface area contributed by atoms with E-state index in [-0.39, 0.29) is 0 Å². The van der Waals surface area contributed by atoms with Crippen molar-refractivity contribution in [2.24, 2.45) is 5.92 Å². The van der Waals surface area contributed by atoms with Crippen LogP contribution in [0.15, 0.2) is 6.20 Å². The topological polar surface area (TPSA) is 17.8 Å². The lowest BCUT2D eigenvalue weighted by Crippen LogP contribution is -2.16. The van der Waals surface area contributed by atoms with Gasteiger partial charge in [-0.05, 0) is 30.9 Å². The van der Waals surface area contributed by atoms with Crippen molar-refractivity contribution in [3.05, 3.63) is 17.7 Å². The molecule has 1 saturated heterocycles. The first-order chi connectivity index (χ1) is 8.31. The van der Waals surface area contributed by atoms with Gasteiger partial charge < -0.3 is 4.57 Å². The predicted octanol–water partition coefficient (Wildman–Crippen LogP) is 3.29. The van der Waals surface area contributed by atoms with Crippen LogP contribution in [0.5, 0.6) is 0 Å². The van der Waals surface area contributed by atoms with Crippen LogP contribution in [0.25, 0.3) is 0 Å². The maximum atomic E-state index is 4.84. The lowest BCUT2D eigenvalue weighted by atomic mass is 10.0. The molecular formula is C14H22N2S. The van der Waals surface area contributed by atoms with Crippen LogP contribution >= 0.6 is 11.8 Å². The number of fused-ring (bicyclic) bond motifs is 1. The van der Waals surface area contributed by atoms with E-state index in [4.69, 9.17) is 4.98 Å². The van der Waals surface area contributed by atoms with Crippen molar-refractivity contribution in [3.63, 3.8) is 0 Å². The van der Waals surface area contributed by atoms with Crippen LogP contribution in [-0.4, -0.2) is 20.6 Å². The third-order valence-electron chi connectivity index (χ3n) is 4.01. The minimum atomic E-state index is 0.821. The molecule has 2 nitrogen and oxygen atoms in total. The van der Waals surface area contributed by atoms with Crippen LogP contribution in [-0.2, 0) is 19.4 Å². The van der Waals surface area contributed by atoms with Gasteiger partial charge in [0.1, 0.15) is 5.82 Å². The molecule has 2 unspecified atom stereocenters. The number of thioether (sulfide) groups is 1. The van der Waals surface area contributed by atoms with Crippen LogP contribution < -0.4 is 0 Å². The van der Waals surface area contributed by atoms with E-state index in [9.17, 15) is 0 Å². The summed E-state index contributed by atoms with van der Waals surface area (Å²) in [5.41, 5.74) is 1.34. The monoisotopic (exact) mass is 250 g/mol. The van der Waals surface area contributed by atoms with E-state index in [0.717, 1.165) is 11.2 Å². The zero-order valence-electron chi connectivity index (χ0n) is 10.7. The molecule has 3 heteroatoms. The second kappa shape index (κ2) is 5.05. The number of nitrogens with zero attached hydrogens (tertiary/aromatic N) is 2. The summed E-state index contributed by atoms with van der Waals surface area (Å²) in [4.78, 5) is 4.84. The average Bonchev–Trinajstić information content (AvgIpc) is 2.71. The van der Waals surface area contributed by atoms with Gasteiger partial charge in [0.2, 0.25) is 0 Å². The van der Waals surface area contributed by atoms with E-state index >= 15 is 0 Å². The fourth-order valence-corrected chi connectivity index (χ4v) is 4.27. The van der Waals surface area contributed by atoms with Gasteiger partial charge in [-0.15, -0.1) is 0 Å². The zero-order chi connectivity index (χ0) is 11.7. The van der Waals surface area contributed by atoms with E-state index < -0.39 is 0 Å². The Labute approximate surface area is 108 Å². The van der Waals surface area contributed by atoms with Crippen molar-refractivity contribution in [1.29, 1.82) is 0 Å². The number of hydrogen-bond acceptors (Lipinski definition) is 2. The van der Waals surface area contributed by atoms with Crippen LogP contribution in [0, 0.1) is 5.92 Å². The smallest absolute Gasteiger partial charge is 0.109 e. The molecule has 1 aromatic rings. The van der Waals surface area contributed by atoms with Gasteiger partial charge in [-0.2, -0.15) is 11.8 Å². The molecule has 0 aliphatic carbocycles. The molecule has 0 bridgehead atoms. The predicted molar refractivity (Wildman–Crippen MR) is 73.5 cm³/mol. The normalized spacial score (nSPS) is 29.0. The van der Waals surface area contributed by atoms with Gasteiger partial charge in [0.25, 0.3) is 0 Å². The van der Waals surface area contributed by atoms with Crippen molar-refractivity contribution in [2.75, 3.05) is 5.75 Å². The van der Waals surface area contributed by atoms with Gasteiger partial charge in [-0.1, -0.05) is 13.3 Å². The van der Waals surface area contributed by atoms with Gasteiger partial charge in [0, 0.05) is 30.8 Å². The maximum absolute atomic E-state index is 4.84. The van der Waals surface area contributed by atoms with Crippen LogP contribution in [0.4, 0.5) is 0 Å². The molecule has 0 aromatic carbocycles. The molecule has 17 heavy (non-hydrogen) atoms. The minimum Gasteiger partial charge on any atom is -0.335 e. The van der Waals surface area contributed by atoms with Crippen molar-refractivity contribution in [1.82, 2.24) is 9.55 Å². The average molecular weight is 250 g/mol. The van der Waals surface area contributed by atoms with Crippen LogP contribution in [0.1, 0.15) is 44.1 Å². The first-order valence-electron chi connectivity index (χ1n) is 6.98. The highest BCUT2D eigenvalue weighted by Crippen LogP contribution is 2.28. The molecule has 2 aliphatic heterocycles. The summed E-state index contributed by atoms with van der Waals surface area (Å²) < 4.78 is 2.39. The molecule has 1 fully saturated rings. The number of aromatic nitrogens is 2. The lowest BCUT2D eigenvalue weighted by Gasteiger charge is -2.19. The van der Waals surface area contributed by atoms with Crippen molar-refractivity contribution in [2.45, 2.75) is 57.2 Å². The largest absolute Gasteiger partial charge is 0.335 e. The van der Waals surface area contributed by atoms with Crippen molar-refractivity contribution >= 4 is 11.8 Å². The molecule has 0 spiro atoms. The summed E-state index contributed by atoms with van der Waals surface area (Å²) >= 11 is 2.16. The highest BCUT2D eigenvalue weighted by Gasteiger charge is 2.20. The third-order valence-corrected chi connectivity index (χ3v) is 5.41. The molecule has 1 aromatic heterocycles. The fraction of sp³-hybridized carbons (Fsp3) is 0.786. The maximum Gasteiger partial charge on any atom is 0.109 e. The van der Waals surface area contributed by atoms with E-state index in [0.29, 0.717) is 0 Å². The molecular weight excluding hydrogens is 228 g/mol. The molecule has 2 atom stereocenters. The summed E-state index contributed by atoms with van der Waals surface area (Å²) in [6.45, 7) is 3.52. The fourth-order valence-electron chi connectivity index (χ4n) is 2.94. The summed E-state index contributed by atoms with van der Waals surface area (Å²) in [5.74, 6) is 3.51. The minimum absolute atomic E-state index is 0.821. The Morgan fingerprint density at radius 1 is 1.41 bits per heavy atom. The number of hydrogen-bond donors (Lipinski definition) is 0. The molecule has 2 aliphatic rings. The number of rotatable bonds is 2. The Morgan fingerprint density at radius 3 is 3.18 bits per heavy atom. The van der Waals surface area contributed by atoms with E-state index in [1.165, 1.54) is 62.3 Å². The molecule has 0 radical (unpaired) electrons. The highest BCUT2D eigenvalue weighted by molar-refractivity contribution is 7.99. The molecule has 94 valence electrons. The highest BCUT2D eigenvalue weighted by atomic mass is 32.2. The Bertz CT molecular complexity index is 380. The molecule has 3 heterocycles. The molecule has 0 N–H and O–H groups in total. The SMILES string of the molecule is CC1CCn2cc(CC3CCCCS3)nc2C1. The first kappa shape index (κ1) is 11.6. The zero-order valence-corrected chi connectivity index (χ0v) is 11.5. The number of aryl methyl sites for hydroxylation is 1. The summed E-state index contributed by atoms with van der Waals surface area (Å²) in [5, 5.41) is 0.832. The Balaban J connectivity index is 1.67. The Hall–Kier alpha value is -0.440. The molecule has 0 saturated carbocycles. The Morgan fingerprint density at radius 2 is 2.35 bits per heavy atom. The quantitative estimate of drug-likeness (QED) is 0.801. The lowest BCUT2D eigenvalue weighted by molar-refractivity contribution is 0.409. The third kappa shape index (κ3) is 2.70. The van der Waals surface area contributed by atoms with Gasteiger partial charge in [0.15, 0.2) is 0 Å². The standard InChI is InChI=1S/C14H22N2S/c1-11-5-6-16-10-12(15-14(16)8-11)9-13-4-2-3-7-17-13/h10-11,13H,2-9H2,1H3. The summed E-state index contributed by atoms with van der Waals surface area (Å²) in [6, 6.07) is 0. The van der Waals surface area contributed by atoms with E-state index in [2.05, 4.69) is 29.4 Å². The second-order valence-corrected chi connectivity index (χ2v) is 7.04. The Kier molecular flexibility index (Phi) is 3.46. The summed E-state index contributed by atoms with van der Waals surface area (Å²) in [7, 11) is 0. The summed E-state index contributed by atoms with van der Waals surface area (Å²) in [6.07, 6.45) is 10.2. The van der Waals surface area contributed by atoms with Gasteiger partial charge in [-0.3, -0.25) is 0 Å². The van der Waals surface area contributed by atoms with Gasteiger partial charge in [0.05, 0.1) is 5.69 Å². The second-order valence-electron chi connectivity index (χ2n) is 5.63. The molecule has 0 amide bonds. The number of imidazole rings is 1. The van der Waals surface area contributed by atoms with E-state index in [1.54, 1.807) is 0 Å². The van der Waals surface area contributed by atoms with Gasteiger partial charge in [-0.25, -0.2) is 4.98 Å². The van der Waals surface area contributed by atoms with Crippen LogP contribution in [0.3, 0.4) is 0 Å². The van der Waals surface area contributed by atoms with Crippen LogP contribution in [0.2, 0.25) is 0 Å². The van der Waals surface area contributed by atoms with Crippen molar-refractivity contribution in [3.8, 4) is 0 Å². The van der Waals surface area contributed by atoms with Gasteiger partial charge >= 0.3 is 0 Å².